The van der Waals surface area contributed by atoms with Crippen LogP contribution in [0.3, 0.4) is 0 Å². The quantitative estimate of drug-likeness (QED) is 0.573. The number of alkyl halides is 1. The van der Waals surface area contributed by atoms with Crippen LogP contribution in [0.15, 0.2) is 36.7 Å². The first-order chi connectivity index (χ1) is 14.9. The maximum atomic E-state index is 14.2. The van der Waals surface area contributed by atoms with Gasteiger partial charge in [0.1, 0.15) is 23.4 Å². The van der Waals surface area contributed by atoms with Crippen LogP contribution in [0.5, 0.6) is 5.75 Å². The molecule has 1 saturated heterocycles. The van der Waals surface area contributed by atoms with E-state index in [1.54, 1.807) is 33.2 Å². The third-order valence-electron chi connectivity index (χ3n) is 5.23. The third-order valence-corrected chi connectivity index (χ3v) is 5.23. The van der Waals surface area contributed by atoms with Gasteiger partial charge in [-0.2, -0.15) is 0 Å². The summed E-state index contributed by atoms with van der Waals surface area (Å²) in [6.45, 7) is 8.68. The Bertz CT molecular complexity index is 1010. The van der Waals surface area contributed by atoms with E-state index in [9.17, 15) is 9.50 Å². The van der Waals surface area contributed by atoms with Crippen LogP contribution >= 0.6 is 0 Å². The van der Waals surface area contributed by atoms with Gasteiger partial charge in [-0.05, 0) is 38.9 Å². The predicted molar refractivity (Wildman–Crippen MR) is 121 cm³/mol. The van der Waals surface area contributed by atoms with Gasteiger partial charge < -0.3 is 20.5 Å². The maximum Gasteiger partial charge on any atom is 0.140 e. The largest absolute Gasteiger partial charge is 0.496 e. The number of fused-ring (bicyclic) bond motifs is 1. The van der Waals surface area contributed by atoms with Gasteiger partial charge in [-0.1, -0.05) is 19.9 Å². The van der Waals surface area contributed by atoms with Crippen molar-refractivity contribution in [3.05, 3.63) is 42.2 Å². The molecular formula is C23H32FN5O2. The van der Waals surface area contributed by atoms with Crippen LogP contribution in [-0.4, -0.2) is 51.9 Å². The minimum atomic E-state index is -1.08. The molecule has 0 aliphatic carbocycles. The summed E-state index contributed by atoms with van der Waals surface area (Å²) in [6, 6.07) is 7.09. The normalized spacial score (nSPS) is 18.9. The second kappa shape index (κ2) is 9.62. The first-order valence-corrected chi connectivity index (χ1v) is 10.7. The summed E-state index contributed by atoms with van der Waals surface area (Å²) in [6.07, 6.45) is 3.14. The zero-order chi connectivity index (χ0) is 22.6. The number of aliphatic hydroxyl groups is 1. The molecule has 2 unspecified atom stereocenters. The molecule has 0 saturated carbocycles. The van der Waals surface area contributed by atoms with E-state index in [2.05, 4.69) is 20.6 Å². The molecule has 0 amide bonds. The van der Waals surface area contributed by atoms with Gasteiger partial charge in [0.15, 0.2) is 0 Å². The molecule has 4 rings (SSSR count). The molecule has 3 aromatic heterocycles. The summed E-state index contributed by atoms with van der Waals surface area (Å²) in [5.41, 5.74) is 1.73. The maximum absolute atomic E-state index is 14.2. The van der Waals surface area contributed by atoms with Crippen LogP contribution < -0.4 is 15.4 Å². The van der Waals surface area contributed by atoms with E-state index in [-0.39, 0.29) is 6.04 Å². The van der Waals surface area contributed by atoms with Crippen molar-refractivity contribution in [1.82, 2.24) is 19.7 Å². The number of rotatable bonds is 5. The van der Waals surface area contributed by atoms with Crippen LogP contribution in [-0.2, 0) is 5.60 Å². The highest BCUT2D eigenvalue weighted by Gasteiger charge is 2.25. The molecule has 2 atom stereocenters. The van der Waals surface area contributed by atoms with E-state index in [0.717, 1.165) is 5.69 Å². The molecule has 3 N–H and O–H groups in total. The number of pyridine rings is 2. The summed E-state index contributed by atoms with van der Waals surface area (Å²) < 4.78 is 21.5. The highest BCUT2D eigenvalue weighted by molar-refractivity contribution is 5.64. The number of halogens is 1. The van der Waals surface area contributed by atoms with Crippen molar-refractivity contribution in [2.75, 3.05) is 25.5 Å². The van der Waals surface area contributed by atoms with Gasteiger partial charge in [-0.15, -0.1) is 0 Å². The van der Waals surface area contributed by atoms with Crippen molar-refractivity contribution in [1.29, 1.82) is 0 Å². The predicted octanol–water partition coefficient (Wildman–Crippen LogP) is 3.77. The van der Waals surface area contributed by atoms with Crippen molar-refractivity contribution in [3.63, 3.8) is 0 Å². The third kappa shape index (κ3) is 4.97. The van der Waals surface area contributed by atoms with Gasteiger partial charge in [-0.3, -0.25) is 4.40 Å². The molecule has 7 nitrogen and oxygen atoms in total. The van der Waals surface area contributed by atoms with Crippen molar-refractivity contribution in [3.8, 4) is 17.1 Å². The van der Waals surface area contributed by atoms with Gasteiger partial charge >= 0.3 is 0 Å². The molecule has 1 aliphatic heterocycles. The van der Waals surface area contributed by atoms with Gasteiger partial charge in [-0.25, -0.2) is 14.4 Å². The molecule has 0 aromatic carbocycles. The minimum absolute atomic E-state index is 0.306. The lowest BCUT2D eigenvalue weighted by Crippen LogP contribution is -2.46. The number of methoxy groups -OCH3 is 1. The van der Waals surface area contributed by atoms with Crippen molar-refractivity contribution >= 4 is 11.5 Å². The lowest BCUT2D eigenvalue weighted by molar-refractivity contribution is 0.0752. The highest BCUT2D eigenvalue weighted by atomic mass is 19.1. The molecule has 8 heteroatoms. The topological polar surface area (TPSA) is 83.7 Å². The SMILES string of the molecule is CC.COc1cc2ncc(-c3cccc(NC4CNCCC4F)n3)n2cc1C(C)(C)O. The van der Waals surface area contributed by atoms with Crippen LogP contribution in [0.4, 0.5) is 10.2 Å². The van der Waals surface area contributed by atoms with E-state index in [4.69, 9.17) is 4.74 Å². The second-order valence-corrected chi connectivity index (χ2v) is 7.85. The van der Waals surface area contributed by atoms with Gasteiger partial charge in [0, 0.05) is 24.4 Å². The summed E-state index contributed by atoms with van der Waals surface area (Å²) in [5, 5.41) is 16.9. The average molecular weight is 430 g/mol. The Kier molecular flexibility index (Phi) is 7.12. The molecule has 0 spiro atoms. The van der Waals surface area contributed by atoms with E-state index in [0.29, 0.717) is 48.0 Å². The van der Waals surface area contributed by atoms with Crippen molar-refractivity contribution < 1.29 is 14.2 Å². The molecule has 1 aliphatic rings. The van der Waals surface area contributed by atoms with Gasteiger partial charge in [0.2, 0.25) is 0 Å². The summed E-state index contributed by atoms with van der Waals surface area (Å²) in [7, 11) is 1.57. The Labute approximate surface area is 182 Å². The number of nitrogens with one attached hydrogen (secondary N) is 2. The van der Waals surface area contributed by atoms with Crippen LogP contribution in [0, 0.1) is 0 Å². The molecule has 0 bridgehead atoms. The molecular weight excluding hydrogens is 397 g/mol. The summed E-state index contributed by atoms with van der Waals surface area (Å²) in [4.78, 5) is 9.12. The fourth-order valence-corrected chi connectivity index (χ4v) is 3.64. The lowest BCUT2D eigenvalue weighted by Gasteiger charge is -2.28. The van der Waals surface area contributed by atoms with Crippen molar-refractivity contribution in [2.45, 2.75) is 51.9 Å². The van der Waals surface area contributed by atoms with Crippen molar-refractivity contribution in [2.24, 2.45) is 0 Å². The molecule has 4 heterocycles. The van der Waals surface area contributed by atoms with Crippen LogP contribution in [0.1, 0.15) is 39.7 Å². The Hall–Kier alpha value is -2.71. The lowest BCUT2D eigenvalue weighted by atomic mass is 9.99. The van der Waals surface area contributed by atoms with E-state index < -0.39 is 11.8 Å². The molecule has 3 aromatic rings. The van der Waals surface area contributed by atoms with E-state index >= 15 is 0 Å². The first kappa shape index (κ1) is 23.0. The number of hydrogen-bond acceptors (Lipinski definition) is 6. The molecule has 1 fully saturated rings. The second-order valence-electron chi connectivity index (χ2n) is 7.85. The monoisotopic (exact) mass is 429 g/mol. The Morgan fingerprint density at radius 3 is 2.77 bits per heavy atom. The van der Waals surface area contributed by atoms with E-state index in [1.807, 2.05) is 42.6 Å². The Morgan fingerprint density at radius 2 is 2.10 bits per heavy atom. The fraction of sp³-hybridized carbons (Fsp3) is 0.478. The summed E-state index contributed by atoms with van der Waals surface area (Å²) >= 11 is 0. The molecule has 0 radical (unpaired) electrons. The van der Waals surface area contributed by atoms with E-state index in [1.165, 1.54) is 0 Å². The number of piperidine rings is 1. The number of hydrogen-bond donors (Lipinski definition) is 3. The number of aromatic nitrogens is 3. The fourth-order valence-electron chi connectivity index (χ4n) is 3.64. The number of anilines is 1. The summed E-state index contributed by atoms with van der Waals surface area (Å²) in [5.74, 6) is 1.19. The standard InChI is InChI=1S/C21H26FN5O2.C2H6/c1-21(2,28)13-12-27-17(11-24-20(27)9-18(13)29-3)15-5-4-6-19(25-15)26-16-10-23-8-7-14(16)22;1-2/h4-6,9,11-12,14,16,23,28H,7-8,10H2,1-3H3,(H,25,26);1-2H3. The van der Waals surface area contributed by atoms with Gasteiger partial charge in [0.05, 0.1) is 36.3 Å². The zero-order valence-corrected chi connectivity index (χ0v) is 18.8. The Morgan fingerprint density at radius 1 is 1.32 bits per heavy atom. The average Bonchev–Trinajstić information content (AvgIpc) is 3.18. The Balaban J connectivity index is 0.00000132. The molecule has 31 heavy (non-hydrogen) atoms. The molecule has 168 valence electrons. The smallest absolute Gasteiger partial charge is 0.140 e. The highest BCUT2D eigenvalue weighted by Crippen LogP contribution is 2.32. The van der Waals surface area contributed by atoms with Crippen LogP contribution in [0.25, 0.3) is 17.0 Å². The van der Waals surface area contributed by atoms with Crippen LogP contribution in [0.2, 0.25) is 0 Å². The van der Waals surface area contributed by atoms with Gasteiger partial charge in [0.25, 0.3) is 0 Å². The minimum Gasteiger partial charge on any atom is -0.496 e. The first-order valence-electron chi connectivity index (χ1n) is 10.7. The number of ether oxygens (including phenoxy) is 1. The number of nitrogens with zero attached hydrogens (tertiary/aromatic N) is 3. The zero-order valence-electron chi connectivity index (χ0n) is 18.8. The number of imidazole rings is 1.